The van der Waals surface area contributed by atoms with Crippen LogP contribution in [0, 0.1) is 11.8 Å². The average Bonchev–Trinajstić information content (AvgIpc) is 3.49. The van der Waals surface area contributed by atoms with Crippen LogP contribution in [0.5, 0.6) is 0 Å². The fourth-order valence-electron chi connectivity index (χ4n) is 5.72. The van der Waals surface area contributed by atoms with E-state index >= 15 is 0 Å². The van der Waals surface area contributed by atoms with E-state index in [4.69, 9.17) is 0 Å². The number of rotatable bonds is 7. The van der Waals surface area contributed by atoms with E-state index in [1.54, 1.807) is 0 Å². The molecule has 32 heavy (non-hydrogen) atoms. The highest BCUT2D eigenvalue weighted by Gasteiger charge is 2.44. The zero-order valence-electron chi connectivity index (χ0n) is 19.8. The summed E-state index contributed by atoms with van der Waals surface area (Å²) in [4.78, 5) is 34.2. The SMILES string of the molecule is CC(C)CN(CC1CCCCC1)C1CC(C(=O)N2CCNCC2)N(C(=O)c2cccs2)C1. The van der Waals surface area contributed by atoms with Crippen LogP contribution in [0.2, 0.25) is 0 Å². The van der Waals surface area contributed by atoms with Gasteiger partial charge in [0.2, 0.25) is 5.91 Å². The molecule has 2 saturated heterocycles. The lowest BCUT2D eigenvalue weighted by Gasteiger charge is -2.35. The van der Waals surface area contributed by atoms with Gasteiger partial charge >= 0.3 is 0 Å². The third-order valence-corrected chi connectivity index (χ3v) is 8.18. The molecule has 1 saturated carbocycles. The molecule has 2 amide bonds. The molecular weight excluding hydrogens is 420 g/mol. The molecule has 178 valence electrons. The summed E-state index contributed by atoms with van der Waals surface area (Å²) >= 11 is 1.48. The van der Waals surface area contributed by atoms with Crippen LogP contribution in [0.25, 0.3) is 0 Å². The summed E-state index contributed by atoms with van der Waals surface area (Å²) in [5.74, 6) is 1.49. The van der Waals surface area contributed by atoms with Gasteiger partial charge in [-0.1, -0.05) is 39.2 Å². The van der Waals surface area contributed by atoms with Gasteiger partial charge in [-0.05, 0) is 42.5 Å². The highest BCUT2D eigenvalue weighted by Crippen LogP contribution is 2.31. The molecule has 2 unspecified atom stereocenters. The first-order chi connectivity index (χ1) is 15.5. The van der Waals surface area contributed by atoms with Crippen LogP contribution in [-0.4, -0.2) is 84.4 Å². The van der Waals surface area contributed by atoms with E-state index in [0.717, 1.165) is 56.5 Å². The molecule has 7 heteroatoms. The van der Waals surface area contributed by atoms with Gasteiger partial charge in [-0.2, -0.15) is 0 Å². The van der Waals surface area contributed by atoms with Crippen molar-refractivity contribution >= 4 is 23.2 Å². The number of carbonyl (C=O) groups excluding carboxylic acids is 2. The van der Waals surface area contributed by atoms with E-state index in [9.17, 15) is 9.59 Å². The fourth-order valence-corrected chi connectivity index (χ4v) is 6.40. The monoisotopic (exact) mass is 460 g/mol. The largest absolute Gasteiger partial charge is 0.338 e. The topological polar surface area (TPSA) is 55.9 Å². The molecule has 3 fully saturated rings. The molecule has 2 atom stereocenters. The van der Waals surface area contributed by atoms with Crippen molar-refractivity contribution in [2.45, 2.75) is 64.5 Å². The Morgan fingerprint density at radius 3 is 2.59 bits per heavy atom. The predicted octanol–water partition coefficient (Wildman–Crippen LogP) is 3.30. The van der Waals surface area contributed by atoms with Gasteiger partial charge in [0.15, 0.2) is 0 Å². The number of thiophene rings is 1. The summed E-state index contributed by atoms with van der Waals surface area (Å²) in [6.45, 7) is 10.5. The van der Waals surface area contributed by atoms with Crippen molar-refractivity contribution in [1.82, 2.24) is 20.0 Å². The Balaban J connectivity index is 1.53. The number of piperazine rings is 1. The van der Waals surface area contributed by atoms with Gasteiger partial charge in [-0.25, -0.2) is 0 Å². The predicted molar refractivity (Wildman–Crippen MR) is 130 cm³/mol. The normalized spacial score (nSPS) is 25.1. The number of amides is 2. The number of likely N-dealkylation sites (tertiary alicyclic amines) is 1. The second kappa shape index (κ2) is 11.1. The summed E-state index contributed by atoms with van der Waals surface area (Å²) < 4.78 is 0. The molecule has 0 bridgehead atoms. The minimum absolute atomic E-state index is 0.0261. The van der Waals surface area contributed by atoms with E-state index < -0.39 is 0 Å². The molecular formula is C25H40N4O2S. The maximum absolute atomic E-state index is 13.6. The quantitative estimate of drug-likeness (QED) is 0.678. The Morgan fingerprint density at radius 2 is 1.94 bits per heavy atom. The number of nitrogens with one attached hydrogen (secondary N) is 1. The van der Waals surface area contributed by atoms with Crippen LogP contribution in [-0.2, 0) is 4.79 Å². The van der Waals surface area contributed by atoms with E-state index in [-0.39, 0.29) is 23.9 Å². The minimum atomic E-state index is -0.339. The molecule has 4 rings (SSSR count). The van der Waals surface area contributed by atoms with Crippen LogP contribution in [0.15, 0.2) is 17.5 Å². The standard InChI is InChI=1S/C25H40N4O2S/c1-19(2)16-28(17-20-7-4-3-5-8-20)21-15-22(24(30)27-12-10-26-11-13-27)29(18-21)25(31)23-9-6-14-32-23/h6,9,14,19-22,26H,3-5,7-8,10-13,15-18H2,1-2H3. The van der Waals surface area contributed by atoms with Crippen molar-refractivity contribution in [2.75, 3.05) is 45.8 Å². The Kier molecular flexibility index (Phi) is 8.24. The molecule has 3 aliphatic rings. The average molecular weight is 461 g/mol. The molecule has 3 heterocycles. The maximum Gasteiger partial charge on any atom is 0.264 e. The van der Waals surface area contributed by atoms with E-state index in [1.165, 1.54) is 43.4 Å². The van der Waals surface area contributed by atoms with Crippen molar-refractivity contribution in [3.63, 3.8) is 0 Å². The number of carbonyl (C=O) groups is 2. The zero-order chi connectivity index (χ0) is 22.5. The molecule has 0 radical (unpaired) electrons. The lowest BCUT2D eigenvalue weighted by molar-refractivity contribution is -0.135. The maximum atomic E-state index is 13.6. The van der Waals surface area contributed by atoms with Crippen LogP contribution in [0.4, 0.5) is 0 Å². The minimum Gasteiger partial charge on any atom is -0.338 e. The molecule has 1 aromatic rings. The Labute approximate surface area is 197 Å². The van der Waals surface area contributed by atoms with E-state index in [2.05, 4.69) is 24.1 Å². The van der Waals surface area contributed by atoms with Gasteiger partial charge in [0.25, 0.3) is 5.91 Å². The third-order valence-electron chi connectivity index (χ3n) is 7.32. The lowest BCUT2D eigenvalue weighted by atomic mass is 9.88. The first-order valence-corrected chi connectivity index (χ1v) is 13.5. The lowest BCUT2D eigenvalue weighted by Crippen LogP contribution is -2.53. The Hall–Kier alpha value is -1.44. The molecule has 1 aromatic heterocycles. The molecule has 0 aromatic carbocycles. The molecule has 1 aliphatic carbocycles. The van der Waals surface area contributed by atoms with Crippen molar-refractivity contribution in [3.05, 3.63) is 22.4 Å². The summed E-state index contributed by atoms with van der Waals surface area (Å²) in [6, 6.07) is 3.74. The van der Waals surface area contributed by atoms with Crippen LogP contribution < -0.4 is 5.32 Å². The molecule has 6 nitrogen and oxygen atoms in total. The van der Waals surface area contributed by atoms with Crippen molar-refractivity contribution in [1.29, 1.82) is 0 Å². The summed E-state index contributed by atoms with van der Waals surface area (Å²) in [7, 11) is 0. The van der Waals surface area contributed by atoms with Gasteiger partial charge in [-0.3, -0.25) is 14.5 Å². The van der Waals surface area contributed by atoms with Crippen molar-refractivity contribution in [3.8, 4) is 0 Å². The third kappa shape index (κ3) is 5.72. The van der Waals surface area contributed by atoms with Crippen molar-refractivity contribution in [2.24, 2.45) is 11.8 Å². The Bertz CT molecular complexity index is 741. The van der Waals surface area contributed by atoms with Crippen LogP contribution in [0.3, 0.4) is 0 Å². The Morgan fingerprint density at radius 1 is 1.19 bits per heavy atom. The second-order valence-electron chi connectivity index (χ2n) is 10.3. The van der Waals surface area contributed by atoms with Crippen molar-refractivity contribution < 1.29 is 9.59 Å². The summed E-state index contributed by atoms with van der Waals surface area (Å²) in [5.41, 5.74) is 0. The first kappa shape index (κ1) is 23.7. The second-order valence-corrected chi connectivity index (χ2v) is 11.2. The molecule has 0 spiro atoms. The van der Waals surface area contributed by atoms with E-state index in [1.807, 2.05) is 27.3 Å². The van der Waals surface area contributed by atoms with Gasteiger partial charge < -0.3 is 15.1 Å². The van der Waals surface area contributed by atoms with Gasteiger partial charge in [-0.15, -0.1) is 11.3 Å². The molecule has 1 N–H and O–H groups in total. The van der Waals surface area contributed by atoms with E-state index in [0.29, 0.717) is 12.5 Å². The number of hydrogen-bond acceptors (Lipinski definition) is 5. The summed E-state index contributed by atoms with van der Waals surface area (Å²) in [5, 5.41) is 5.28. The smallest absolute Gasteiger partial charge is 0.264 e. The fraction of sp³-hybridized carbons (Fsp3) is 0.760. The van der Waals surface area contributed by atoms with Gasteiger partial charge in [0.05, 0.1) is 4.88 Å². The number of hydrogen-bond donors (Lipinski definition) is 1. The first-order valence-electron chi connectivity index (χ1n) is 12.6. The number of nitrogens with zero attached hydrogens (tertiary/aromatic N) is 3. The molecule has 2 aliphatic heterocycles. The summed E-state index contributed by atoms with van der Waals surface area (Å²) in [6.07, 6.45) is 7.47. The van der Waals surface area contributed by atoms with Gasteiger partial charge in [0.1, 0.15) is 6.04 Å². The highest BCUT2D eigenvalue weighted by atomic mass is 32.1. The van der Waals surface area contributed by atoms with Crippen LogP contribution >= 0.6 is 11.3 Å². The zero-order valence-corrected chi connectivity index (χ0v) is 20.6. The van der Waals surface area contributed by atoms with Crippen LogP contribution in [0.1, 0.15) is 62.0 Å². The van der Waals surface area contributed by atoms with Gasteiger partial charge in [0, 0.05) is 51.9 Å². The highest BCUT2D eigenvalue weighted by molar-refractivity contribution is 7.12.